The Bertz CT molecular complexity index is 651. The number of hydrogen-bond acceptors (Lipinski definition) is 3. The predicted octanol–water partition coefficient (Wildman–Crippen LogP) is 3.10. The van der Waals surface area contributed by atoms with Crippen LogP contribution in [0.4, 0.5) is 5.82 Å². The highest BCUT2D eigenvalue weighted by molar-refractivity contribution is 6.23. The molecule has 0 radical (unpaired) electrons. The molecule has 0 fully saturated rings. The first-order valence-corrected chi connectivity index (χ1v) is 6.04. The van der Waals surface area contributed by atoms with Crippen LogP contribution in [-0.4, -0.2) is 16.5 Å². The van der Waals surface area contributed by atoms with E-state index in [-0.39, 0.29) is 11.7 Å². The molecule has 0 aromatic carbocycles. The van der Waals surface area contributed by atoms with Crippen molar-refractivity contribution in [1.82, 2.24) is 4.98 Å². The smallest absolute Gasteiger partial charge is 0.179 e. The van der Waals surface area contributed by atoms with Crippen LogP contribution in [0.3, 0.4) is 0 Å². The molecule has 0 spiro atoms. The molecule has 3 rings (SSSR count). The highest BCUT2D eigenvalue weighted by Crippen LogP contribution is 2.32. The molecule has 3 heteroatoms. The molecule has 1 aromatic rings. The zero-order valence-corrected chi connectivity index (χ0v) is 10.7. The lowest BCUT2D eigenvalue weighted by Crippen LogP contribution is -2.27. The number of hydrogen-bond donors (Lipinski definition) is 0. The second-order valence-electron chi connectivity index (χ2n) is 4.90. The Labute approximate surface area is 106 Å². The largest absolute Gasteiger partial charge is 0.293 e. The number of nitrogens with zero attached hydrogens (tertiary/aromatic N) is 2. The van der Waals surface area contributed by atoms with E-state index in [1.807, 2.05) is 45.1 Å². The molecule has 1 atom stereocenters. The first-order chi connectivity index (χ1) is 8.56. The fourth-order valence-corrected chi connectivity index (χ4v) is 2.52. The molecule has 1 unspecified atom stereocenters. The second kappa shape index (κ2) is 3.73. The highest BCUT2D eigenvalue weighted by atomic mass is 16.1. The number of aromatic nitrogens is 1. The molecule has 0 saturated carbocycles. The van der Waals surface area contributed by atoms with Gasteiger partial charge < -0.3 is 0 Å². The van der Waals surface area contributed by atoms with Gasteiger partial charge in [-0.25, -0.2) is 9.98 Å². The summed E-state index contributed by atoms with van der Waals surface area (Å²) in [6.45, 7) is 5.86. The van der Waals surface area contributed by atoms with Crippen LogP contribution in [0.15, 0.2) is 34.9 Å². The maximum absolute atomic E-state index is 12.5. The first kappa shape index (κ1) is 11.1. The Hall–Kier alpha value is -2.03. The lowest BCUT2D eigenvalue weighted by atomic mass is 9.84. The van der Waals surface area contributed by atoms with Gasteiger partial charge in [0.2, 0.25) is 0 Å². The molecule has 1 aromatic heterocycles. The van der Waals surface area contributed by atoms with E-state index in [9.17, 15) is 4.79 Å². The van der Waals surface area contributed by atoms with E-state index in [2.05, 4.69) is 9.98 Å². The summed E-state index contributed by atoms with van der Waals surface area (Å²) in [6.07, 6.45) is 5.87. The molecule has 90 valence electrons. The van der Waals surface area contributed by atoms with Crippen LogP contribution in [0.5, 0.6) is 0 Å². The average molecular weight is 238 g/mol. The van der Waals surface area contributed by atoms with E-state index in [1.54, 1.807) is 0 Å². The van der Waals surface area contributed by atoms with Gasteiger partial charge in [0.25, 0.3) is 0 Å². The molecule has 0 amide bonds. The van der Waals surface area contributed by atoms with Gasteiger partial charge in [0.1, 0.15) is 0 Å². The molecule has 0 N–H and O–H groups in total. The van der Waals surface area contributed by atoms with Gasteiger partial charge >= 0.3 is 0 Å². The Morgan fingerprint density at radius 2 is 1.94 bits per heavy atom. The molecule has 18 heavy (non-hydrogen) atoms. The van der Waals surface area contributed by atoms with Crippen molar-refractivity contribution in [2.24, 2.45) is 10.9 Å². The number of aryl methyl sites for hydroxylation is 2. The first-order valence-electron chi connectivity index (χ1n) is 6.04. The molecule has 3 nitrogen and oxygen atoms in total. The third kappa shape index (κ3) is 1.55. The van der Waals surface area contributed by atoms with E-state index in [1.165, 1.54) is 0 Å². The maximum atomic E-state index is 12.5. The van der Waals surface area contributed by atoms with Crippen LogP contribution < -0.4 is 0 Å². The summed E-state index contributed by atoms with van der Waals surface area (Å²) in [7, 11) is 0. The SMILES string of the molecule is CC1=CC2C(=O)c3c(C)cc(C)nc3N=C2C=C1. The van der Waals surface area contributed by atoms with Gasteiger partial charge in [0.05, 0.1) is 17.2 Å². The topological polar surface area (TPSA) is 42.3 Å². The highest BCUT2D eigenvalue weighted by Gasteiger charge is 2.32. The summed E-state index contributed by atoms with van der Waals surface area (Å²) in [6, 6.07) is 1.94. The Morgan fingerprint density at radius 1 is 1.17 bits per heavy atom. The van der Waals surface area contributed by atoms with Gasteiger partial charge in [0, 0.05) is 5.69 Å². The second-order valence-corrected chi connectivity index (χ2v) is 4.90. The maximum Gasteiger partial charge on any atom is 0.179 e. The Balaban J connectivity index is 2.24. The summed E-state index contributed by atoms with van der Waals surface area (Å²) in [5.41, 5.74) is 4.44. The zero-order chi connectivity index (χ0) is 12.9. The van der Waals surface area contributed by atoms with Crippen LogP contribution in [-0.2, 0) is 0 Å². The molecule has 2 heterocycles. The van der Waals surface area contributed by atoms with Crippen molar-refractivity contribution < 1.29 is 4.79 Å². The van der Waals surface area contributed by atoms with Gasteiger partial charge in [-0.05, 0) is 38.5 Å². The minimum Gasteiger partial charge on any atom is -0.293 e. The van der Waals surface area contributed by atoms with Crippen molar-refractivity contribution in [3.63, 3.8) is 0 Å². The summed E-state index contributed by atoms with van der Waals surface area (Å²) in [5.74, 6) is 0.454. The number of carbonyl (C=O) groups excluding carboxylic acids is 1. The minimum atomic E-state index is -0.231. The third-order valence-corrected chi connectivity index (χ3v) is 3.35. The zero-order valence-electron chi connectivity index (χ0n) is 10.7. The lowest BCUT2D eigenvalue weighted by molar-refractivity contribution is 0.0970. The van der Waals surface area contributed by atoms with Crippen LogP contribution in [0, 0.1) is 19.8 Å². The van der Waals surface area contributed by atoms with Crippen molar-refractivity contribution in [2.75, 3.05) is 0 Å². The molecule has 0 bridgehead atoms. The molecular weight excluding hydrogens is 224 g/mol. The molecular formula is C15H14N2O. The van der Waals surface area contributed by atoms with Gasteiger partial charge in [-0.15, -0.1) is 0 Å². The van der Waals surface area contributed by atoms with Crippen LogP contribution in [0.1, 0.15) is 28.5 Å². The van der Waals surface area contributed by atoms with Crippen molar-refractivity contribution in [2.45, 2.75) is 20.8 Å². The minimum absolute atomic E-state index is 0.115. The van der Waals surface area contributed by atoms with E-state index in [0.29, 0.717) is 11.4 Å². The predicted molar refractivity (Wildman–Crippen MR) is 71.5 cm³/mol. The van der Waals surface area contributed by atoms with Crippen molar-refractivity contribution in [1.29, 1.82) is 0 Å². The normalized spacial score (nSPS) is 21.1. The fourth-order valence-electron chi connectivity index (χ4n) is 2.52. The number of pyridine rings is 1. The number of allylic oxidation sites excluding steroid dienone is 4. The molecule has 0 saturated heterocycles. The molecule has 2 aliphatic rings. The van der Waals surface area contributed by atoms with Gasteiger partial charge in [-0.1, -0.05) is 17.7 Å². The fraction of sp³-hybridized carbons (Fsp3) is 0.267. The summed E-state index contributed by atoms with van der Waals surface area (Å²) >= 11 is 0. The Morgan fingerprint density at radius 3 is 2.72 bits per heavy atom. The van der Waals surface area contributed by atoms with Gasteiger partial charge in [-0.3, -0.25) is 4.79 Å². The summed E-state index contributed by atoms with van der Waals surface area (Å²) < 4.78 is 0. The van der Waals surface area contributed by atoms with Crippen molar-refractivity contribution in [3.8, 4) is 0 Å². The summed E-state index contributed by atoms with van der Waals surface area (Å²) in [5, 5.41) is 0. The van der Waals surface area contributed by atoms with E-state index >= 15 is 0 Å². The average Bonchev–Trinajstić information content (AvgIpc) is 2.29. The quantitative estimate of drug-likeness (QED) is 0.697. The Kier molecular flexibility index (Phi) is 2.30. The number of rotatable bonds is 0. The molecule has 1 aliphatic carbocycles. The standard InChI is InChI=1S/C15H14N2O/c1-8-4-5-12-11(6-8)14(18)13-9(2)7-10(3)16-15(13)17-12/h4-7,11H,1-3H3. The van der Waals surface area contributed by atoms with E-state index in [4.69, 9.17) is 0 Å². The number of fused-ring (bicyclic) bond motifs is 2. The monoisotopic (exact) mass is 238 g/mol. The third-order valence-electron chi connectivity index (χ3n) is 3.35. The number of Topliss-reactive ketones (excluding diaryl/α,β-unsaturated/α-hetero) is 1. The molecule has 1 aliphatic heterocycles. The van der Waals surface area contributed by atoms with Crippen LogP contribution in [0.25, 0.3) is 0 Å². The van der Waals surface area contributed by atoms with Gasteiger partial charge in [-0.2, -0.15) is 0 Å². The number of ketones is 1. The van der Waals surface area contributed by atoms with Crippen molar-refractivity contribution >= 4 is 17.3 Å². The van der Waals surface area contributed by atoms with E-state index < -0.39 is 0 Å². The number of aliphatic imine (C=N–C) groups is 1. The van der Waals surface area contributed by atoms with Crippen LogP contribution in [0.2, 0.25) is 0 Å². The summed E-state index contributed by atoms with van der Waals surface area (Å²) in [4.78, 5) is 21.4. The van der Waals surface area contributed by atoms with Gasteiger partial charge in [0.15, 0.2) is 11.6 Å². The van der Waals surface area contributed by atoms with E-state index in [0.717, 1.165) is 22.5 Å². The lowest BCUT2D eigenvalue weighted by Gasteiger charge is -2.23. The number of carbonyl (C=O) groups is 1. The van der Waals surface area contributed by atoms with Crippen molar-refractivity contribution in [3.05, 3.63) is 46.7 Å². The van der Waals surface area contributed by atoms with Crippen LogP contribution >= 0.6 is 0 Å².